The minimum absolute atomic E-state index is 0.00111. The number of amides is 2. The molecule has 0 bridgehead atoms. The largest absolute Gasteiger partial charge is 0.481 e. The summed E-state index contributed by atoms with van der Waals surface area (Å²) in [7, 11) is 0. The van der Waals surface area contributed by atoms with Crippen LogP contribution in [0.1, 0.15) is 33.6 Å². The van der Waals surface area contributed by atoms with Gasteiger partial charge >= 0.3 is 5.97 Å². The summed E-state index contributed by atoms with van der Waals surface area (Å²) in [6.45, 7) is 7.06. The van der Waals surface area contributed by atoms with Gasteiger partial charge < -0.3 is 19.6 Å². The van der Waals surface area contributed by atoms with E-state index in [0.717, 1.165) is 0 Å². The highest BCUT2D eigenvalue weighted by molar-refractivity contribution is 7.99. The first-order valence-corrected chi connectivity index (χ1v) is 9.32. The summed E-state index contributed by atoms with van der Waals surface area (Å²) in [6.07, 6.45) is -0.189. The normalized spacial score (nSPS) is 25.0. The van der Waals surface area contributed by atoms with Gasteiger partial charge in [-0.25, -0.2) is 0 Å². The van der Waals surface area contributed by atoms with Gasteiger partial charge in [0.1, 0.15) is 6.04 Å². The Morgan fingerprint density at radius 2 is 2.00 bits per heavy atom. The minimum atomic E-state index is -0.937. The summed E-state index contributed by atoms with van der Waals surface area (Å²) in [5, 5.41) is 8.89. The molecule has 0 aliphatic carbocycles. The van der Waals surface area contributed by atoms with Crippen molar-refractivity contribution < 1.29 is 24.2 Å². The zero-order valence-electron chi connectivity index (χ0n) is 14.5. The highest BCUT2D eigenvalue weighted by atomic mass is 32.2. The molecule has 1 N–H and O–H groups in total. The molecular formula is C16H26N2O5S. The third kappa shape index (κ3) is 5.11. The first kappa shape index (κ1) is 19.1. The first-order chi connectivity index (χ1) is 11.2. The molecule has 0 aromatic rings. The lowest BCUT2D eigenvalue weighted by molar-refractivity contribution is -0.152. The Morgan fingerprint density at radius 3 is 2.62 bits per heavy atom. The van der Waals surface area contributed by atoms with Gasteiger partial charge in [-0.3, -0.25) is 14.4 Å². The van der Waals surface area contributed by atoms with Crippen LogP contribution in [0.15, 0.2) is 0 Å². The van der Waals surface area contributed by atoms with E-state index in [1.54, 1.807) is 21.6 Å². The maximum Gasteiger partial charge on any atom is 0.306 e. The molecule has 0 radical (unpaired) electrons. The molecule has 136 valence electrons. The molecule has 8 heteroatoms. The Balaban J connectivity index is 1.99. The van der Waals surface area contributed by atoms with Crippen LogP contribution in [0, 0.1) is 5.41 Å². The number of carboxylic acid groups (broad SMARTS) is 1. The van der Waals surface area contributed by atoms with Crippen molar-refractivity contribution in [2.24, 2.45) is 5.41 Å². The molecule has 2 fully saturated rings. The van der Waals surface area contributed by atoms with Crippen molar-refractivity contribution in [1.29, 1.82) is 0 Å². The second-order valence-electron chi connectivity index (χ2n) is 7.49. The highest BCUT2D eigenvalue weighted by Gasteiger charge is 2.39. The van der Waals surface area contributed by atoms with Crippen molar-refractivity contribution >= 4 is 29.5 Å². The van der Waals surface area contributed by atoms with Gasteiger partial charge in [-0.1, -0.05) is 20.8 Å². The topological polar surface area (TPSA) is 87.2 Å². The average molecular weight is 358 g/mol. The van der Waals surface area contributed by atoms with E-state index in [-0.39, 0.29) is 30.2 Å². The second-order valence-corrected chi connectivity index (χ2v) is 8.49. The highest BCUT2D eigenvalue weighted by Crippen LogP contribution is 2.27. The number of thioether (sulfide) groups is 1. The molecule has 2 heterocycles. The molecule has 2 unspecified atom stereocenters. The Morgan fingerprint density at radius 1 is 1.29 bits per heavy atom. The molecular weight excluding hydrogens is 332 g/mol. The monoisotopic (exact) mass is 358 g/mol. The molecule has 0 aromatic carbocycles. The van der Waals surface area contributed by atoms with Crippen LogP contribution in [0.25, 0.3) is 0 Å². The Kier molecular flexibility index (Phi) is 6.14. The number of rotatable bonds is 4. The van der Waals surface area contributed by atoms with E-state index < -0.39 is 18.1 Å². The second kappa shape index (κ2) is 7.74. The molecule has 7 nitrogen and oxygen atoms in total. The van der Waals surface area contributed by atoms with Crippen molar-refractivity contribution in [1.82, 2.24) is 9.80 Å². The summed E-state index contributed by atoms with van der Waals surface area (Å²) in [4.78, 5) is 39.5. The number of hydrogen-bond acceptors (Lipinski definition) is 5. The van der Waals surface area contributed by atoms with Gasteiger partial charge in [0.15, 0.2) is 0 Å². The minimum Gasteiger partial charge on any atom is -0.481 e. The van der Waals surface area contributed by atoms with Gasteiger partial charge in [-0.05, 0) is 5.41 Å². The number of hydrogen-bond donors (Lipinski definition) is 1. The predicted molar refractivity (Wildman–Crippen MR) is 90.6 cm³/mol. The molecule has 0 saturated carbocycles. The summed E-state index contributed by atoms with van der Waals surface area (Å²) in [6, 6.07) is -0.451. The van der Waals surface area contributed by atoms with Crippen LogP contribution in [0.3, 0.4) is 0 Å². The van der Waals surface area contributed by atoms with E-state index >= 15 is 0 Å². The van der Waals surface area contributed by atoms with Crippen LogP contribution >= 0.6 is 11.8 Å². The van der Waals surface area contributed by atoms with Crippen LogP contribution in [0.5, 0.6) is 0 Å². The molecule has 2 saturated heterocycles. The van der Waals surface area contributed by atoms with E-state index in [9.17, 15) is 14.4 Å². The molecule has 0 aromatic heterocycles. The van der Waals surface area contributed by atoms with Crippen molar-refractivity contribution in [3.8, 4) is 0 Å². The number of aliphatic carboxylic acids is 1. The maximum absolute atomic E-state index is 12.8. The van der Waals surface area contributed by atoms with Crippen LogP contribution in [-0.4, -0.2) is 76.2 Å². The average Bonchev–Trinajstić information content (AvgIpc) is 2.93. The van der Waals surface area contributed by atoms with Crippen LogP contribution in [-0.2, 0) is 19.1 Å². The molecule has 2 amide bonds. The molecule has 2 rings (SSSR count). The van der Waals surface area contributed by atoms with Gasteiger partial charge in [-0.2, -0.15) is 0 Å². The predicted octanol–water partition coefficient (Wildman–Crippen LogP) is 1.03. The summed E-state index contributed by atoms with van der Waals surface area (Å²) in [5.74, 6) is 0.0963. The number of carbonyl (C=O) groups is 3. The molecule has 2 aliphatic rings. The van der Waals surface area contributed by atoms with Gasteiger partial charge in [0.2, 0.25) is 11.8 Å². The van der Waals surface area contributed by atoms with Gasteiger partial charge in [0, 0.05) is 25.3 Å². The molecule has 24 heavy (non-hydrogen) atoms. The Bertz CT molecular complexity index is 505. The van der Waals surface area contributed by atoms with Crippen LogP contribution in [0.4, 0.5) is 0 Å². The number of morpholine rings is 1. The van der Waals surface area contributed by atoms with Gasteiger partial charge in [0.05, 0.1) is 25.0 Å². The fraction of sp³-hybridized carbons (Fsp3) is 0.812. The maximum atomic E-state index is 12.8. The number of ether oxygens (including phenoxy) is 1. The summed E-state index contributed by atoms with van der Waals surface area (Å²) >= 11 is 1.58. The van der Waals surface area contributed by atoms with Crippen molar-refractivity contribution in [3.05, 3.63) is 0 Å². The van der Waals surface area contributed by atoms with E-state index in [2.05, 4.69) is 0 Å². The van der Waals surface area contributed by atoms with Crippen LogP contribution < -0.4 is 0 Å². The SMILES string of the molecule is CC(C)(C)CC(=O)N1CSCC1C(=O)N1CCOC(CC(=O)O)C1. The lowest BCUT2D eigenvalue weighted by Crippen LogP contribution is -2.54. The van der Waals surface area contributed by atoms with Crippen molar-refractivity contribution in [2.75, 3.05) is 31.3 Å². The lowest BCUT2D eigenvalue weighted by atomic mass is 9.91. The summed E-state index contributed by atoms with van der Waals surface area (Å²) in [5.41, 5.74) is -0.122. The number of carbonyl (C=O) groups excluding carboxylic acids is 2. The Hall–Kier alpha value is -1.28. The van der Waals surface area contributed by atoms with Crippen molar-refractivity contribution in [3.63, 3.8) is 0 Å². The smallest absolute Gasteiger partial charge is 0.306 e. The van der Waals surface area contributed by atoms with Gasteiger partial charge in [-0.15, -0.1) is 11.8 Å². The zero-order chi connectivity index (χ0) is 17.9. The first-order valence-electron chi connectivity index (χ1n) is 8.17. The number of carboxylic acids is 1. The fourth-order valence-corrected chi connectivity index (χ4v) is 4.07. The Labute approximate surface area is 146 Å². The lowest BCUT2D eigenvalue weighted by Gasteiger charge is -2.36. The van der Waals surface area contributed by atoms with E-state index in [1.165, 1.54) is 0 Å². The standard InChI is InChI=1S/C16H26N2O5S/c1-16(2,3)7-13(19)18-10-24-9-12(18)15(22)17-4-5-23-11(8-17)6-14(20)21/h11-12H,4-10H2,1-3H3,(H,20,21). The molecule has 0 spiro atoms. The van der Waals surface area contributed by atoms with Crippen molar-refractivity contribution in [2.45, 2.75) is 45.8 Å². The fourth-order valence-electron chi connectivity index (χ4n) is 2.90. The van der Waals surface area contributed by atoms with Crippen LogP contribution in [0.2, 0.25) is 0 Å². The third-order valence-electron chi connectivity index (χ3n) is 4.02. The van der Waals surface area contributed by atoms with Gasteiger partial charge in [0.25, 0.3) is 0 Å². The molecule has 2 aliphatic heterocycles. The van der Waals surface area contributed by atoms with E-state index in [4.69, 9.17) is 9.84 Å². The zero-order valence-corrected chi connectivity index (χ0v) is 15.3. The summed E-state index contributed by atoms with van der Waals surface area (Å²) < 4.78 is 5.41. The van der Waals surface area contributed by atoms with E-state index in [1.807, 2.05) is 20.8 Å². The third-order valence-corrected chi connectivity index (χ3v) is 5.03. The van der Waals surface area contributed by atoms with E-state index in [0.29, 0.717) is 31.2 Å². The quantitative estimate of drug-likeness (QED) is 0.808. The number of nitrogens with zero attached hydrogens (tertiary/aromatic N) is 2. The molecule has 2 atom stereocenters.